The summed E-state index contributed by atoms with van der Waals surface area (Å²) in [6.07, 6.45) is 0. The van der Waals surface area contributed by atoms with Gasteiger partial charge in [0.05, 0.1) is 0 Å². The second-order valence-electron chi connectivity index (χ2n) is 4.20. The van der Waals surface area contributed by atoms with Crippen molar-refractivity contribution in [2.24, 2.45) is 0 Å². The SMILES string of the molecule is CC(C)(C)OC(=O)c1cc(O)ccc1O. The van der Waals surface area contributed by atoms with E-state index in [1.807, 2.05) is 0 Å². The zero-order valence-corrected chi connectivity index (χ0v) is 8.94. The molecule has 4 heteroatoms. The zero-order chi connectivity index (χ0) is 11.6. The highest BCUT2D eigenvalue weighted by atomic mass is 16.6. The first-order valence-electron chi connectivity index (χ1n) is 4.55. The van der Waals surface area contributed by atoms with Crippen molar-refractivity contribution in [2.45, 2.75) is 26.4 Å². The Kier molecular flexibility index (Phi) is 2.88. The van der Waals surface area contributed by atoms with Crippen LogP contribution in [0, 0.1) is 0 Å². The van der Waals surface area contributed by atoms with E-state index in [0.717, 1.165) is 0 Å². The molecule has 0 unspecified atom stereocenters. The number of hydrogen-bond donors (Lipinski definition) is 2. The highest BCUT2D eigenvalue weighted by Gasteiger charge is 2.20. The van der Waals surface area contributed by atoms with Crippen LogP contribution in [0.3, 0.4) is 0 Å². The Labute approximate surface area is 88.1 Å². The molecule has 0 aliphatic rings. The van der Waals surface area contributed by atoms with Crippen LogP contribution in [0.2, 0.25) is 0 Å². The maximum Gasteiger partial charge on any atom is 0.342 e. The average molecular weight is 210 g/mol. The minimum absolute atomic E-state index is 0.0371. The van der Waals surface area contributed by atoms with Gasteiger partial charge in [-0.1, -0.05) is 0 Å². The van der Waals surface area contributed by atoms with E-state index in [2.05, 4.69) is 0 Å². The summed E-state index contributed by atoms with van der Waals surface area (Å²) in [7, 11) is 0. The fraction of sp³-hybridized carbons (Fsp3) is 0.364. The van der Waals surface area contributed by atoms with Gasteiger partial charge in [0.1, 0.15) is 22.7 Å². The largest absolute Gasteiger partial charge is 0.508 e. The van der Waals surface area contributed by atoms with Crippen molar-refractivity contribution in [3.63, 3.8) is 0 Å². The molecular weight excluding hydrogens is 196 g/mol. The molecule has 0 spiro atoms. The minimum atomic E-state index is -0.657. The number of ether oxygens (including phenoxy) is 1. The molecule has 1 aromatic carbocycles. The van der Waals surface area contributed by atoms with Crippen LogP contribution >= 0.6 is 0 Å². The molecule has 0 amide bonds. The van der Waals surface area contributed by atoms with E-state index in [-0.39, 0.29) is 17.1 Å². The lowest BCUT2D eigenvalue weighted by Crippen LogP contribution is -2.23. The molecule has 0 bridgehead atoms. The maximum absolute atomic E-state index is 11.5. The molecule has 0 heterocycles. The van der Waals surface area contributed by atoms with Crippen LogP contribution in [-0.2, 0) is 4.74 Å². The van der Waals surface area contributed by atoms with Crippen molar-refractivity contribution < 1.29 is 19.7 Å². The Hall–Kier alpha value is -1.71. The predicted molar refractivity (Wildman–Crippen MR) is 54.9 cm³/mol. The third kappa shape index (κ3) is 3.16. The molecule has 0 radical (unpaired) electrons. The Bertz CT molecular complexity index is 377. The van der Waals surface area contributed by atoms with E-state index in [0.29, 0.717) is 0 Å². The van der Waals surface area contributed by atoms with E-state index in [9.17, 15) is 9.90 Å². The monoisotopic (exact) mass is 210 g/mol. The Morgan fingerprint density at radius 2 is 1.87 bits per heavy atom. The molecule has 82 valence electrons. The van der Waals surface area contributed by atoms with Gasteiger partial charge in [-0.25, -0.2) is 4.79 Å². The fourth-order valence-electron chi connectivity index (χ4n) is 1.02. The molecule has 0 aromatic heterocycles. The molecule has 0 atom stereocenters. The summed E-state index contributed by atoms with van der Waals surface area (Å²) >= 11 is 0. The van der Waals surface area contributed by atoms with Crippen LogP contribution in [0.1, 0.15) is 31.1 Å². The highest BCUT2D eigenvalue weighted by Crippen LogP contribution is 2.24. The smallest absolute Gasteiger partial charge is 0.342 e. The first-order valence-corrected chi connectivity index (χ1v) is 4.55. The highest BCUT2D eigenvalue weighted by molar-refractivity contribution is 5.93. The number of phenolic OH excluding ortho intramolecular Hbond substituents is 2. The third-order valence-electron chi connectivity index (χ3n) is 1.60. The minimum Gasteiger partial charge on any atom is -0.508 e. The summed E-state index contributed by atoms with van der Waals surface area (Å²) in [5.41, 5.74) is -0.667. The first kappa shape index (κ1) is 11.4. The van der Waals surface area contributed by atoms with Crippen LogP contribution in [-0.4, -0.2) is 21.8 Å². The van der Waals surface area contributed by atoms with Crippen molar-refractivity contribution in [1.82, 2.24) is 0 Å². The number of hydrogen-bond acceptors (Lipinski definition) is 4. The summed E-state index contributed by atoms with van der Waals surface area (Å²) in [4.78, 5) is 11.5. The van der Waals surface area contributed by atoms with Crippen LogP contribution < -0.4 is 0 Å². The van der Waals surface area contributed by atoms with Crippen molar-refractivity contribution in [3.05, 3.63) is 23.8 Å². The molecule has 1 rings (SSSR count). The van der Waals surface area contributed by atoms with Gasteiger partial charge < -0.3 is 14.9 Å². The molecule has 0 fully saturated rings. The number of carbonyl (C=O) groups excluding carboxylic acids is 1. The van der Waals surface area contributed by atoms with Gasteiger partial charge in [-0.3, -0.25) is 0 Å². The third-order valence-corrected chi connectivity index (χ3v) is 1.60. The van der Waals surface area contributed by atoms with Gasteiger partial charge in [0, 0.05) is 0 Å². The van der Waals surface area contributed by atoms with Crippen LogP contribution in [0.25, 0.3) is 0 Å². The van der Waals surface area contributed by atoms with Crippen molar-refractivity contribution in [2.75, 3.05) is 0 Å². The summed E-state index contributed by atoms with van der Waals surface area (Å²) in [6, 6.07) is 3.71. The Balaban J connectivity index is 2.96. The lowest BCUT2D eigenvalue weighted by molar-refractivity contribution is 0.00664. The fourth-order valence-corrected chi connectivity index (χ4v) is 1.02. The van der Waals surface area contributed by atoms with E-state index < -0.39 is 11.6 Å². The van der Waals surface area contributed by atoms with Crippen molar-refractivity contribution in [3.8, 4) is 11.5 Å². The maximum atomic E-state index is 11.5. The van der Waals surface area contributed by atoms with Gasteiger partial charge in [-0.15, -0.1) is 0 Å². The van der Waals surface area contributed by atoms with Crippen molar-refractivity contribution in [1.29, 1.82) is 0 Å². The zero-order valence-electron chi connectivity index (χ0n) is 8.94. The molecule has 2 N–H and O–H groups in total. The number of esters is 1. The van der Waals surface area contributed by atoms with Gasteiger partial charge in [0.25, 0.3) is 0 Å². The van der Waals surface area contributed by atoms with Gasteiger partial charge in [0.2, 0.25) is 0 Å². The summed E-state index contributed by atoms with van der Waals surface area (Å²) in [5.74, 6) is -0.952. The quantitative estimate of drug-likeness (QED) is 0.550. The number of benzene rings is 1. The molecule has 0 saturated heterocycles. The van der Waals surface area contributed by atoms with Crippen LogP contribution in [0.15, 0.2) is 18.2 Å². The van der Waals surface area contributed by atoms with E-state index in [4.69, 9.17) is 9.84 Å². The summed E-state index contributed by atoms with van der Waals surface area (Å²) in [5, 5.41) is 18.6. The molecule has 4 nitrogen and oxygen atoms in total. The average Bonchev–Trinajstić information content (AvgIpc) is 2.06. The van der Waals surface area contributed by atoms with Gasteiger partial charge in [0.15, 0.2) is 0 Å². The molecule has 15 heavy (non-hydrogen) atoms. The standard InChI is InChI=1S/C11H14O4/c1-11(2,3)15-10(14)8-6-7(12)4-5-9(8)13/h4-6,12-13H,1-3H3. The van der Waals surface area contributed by atoms with Crippen molar-refractivity contribution >= 4 is 5.97 Å². The first-order chi connectivity index (χ1) is 6.79. The van der Waals surface area contributed by atoms with E-state index in [1.54, 1.807) is 20.8 Å². The summed E-state index contributed by atoms with van der Waals surface area (Å²) < 4.78 is 5.05. The number of rotatable bonds is 1. The number of aromatic hydroxyl groups is 2. The predicted octanol–water partition coefficient (Wildman–Crippen LogP) is 2.05. The Morgan fingerprint density at radius 1 is 1.27 bits per heavy atom. The van der Waals surface area contributed by atoms with Crippen LogP contribution in [0.4, 0.5) is 0 Å². The normalized spacial score (nSPS) is 11.1. The molecule has 0 saturated carbocycles. The molecular formula is C11H14O4. The van der Waals surface area contributed by atoms with E-state index in [1.165, 1.54) is 18.2 Å². The van der Waals surface area contributed by atoms with Gasteiger partial charge in [-0.2, -0.15) is 0 Å². The van der Waals surface area contributed by atoms with E-state index >= 15 is 0 Å². The topological polar surface area (TPSA) is 66.8 Å². The number of carbonyl (C=O) groups is 1. The van der Waals surface area contributed by atoms with Crippen LogP contribution in [0.5, 0.6) is 11.5 Å². The second-order valence-corrected chi connectivity index (χ2v) is 4.20. The van der Waals surface area contributed by atoms with Gasteiger partial charge in [-0.05, 0) is 39.0 Å². The second kappa shape index (κ2) is 3.81. The summed E-state index contributed by atoms with van der Waals surface area (Å²) in [6.45, 7) is 5.18. The molecule has 0 aliphatic carbocycles. The lowest BCUT2D eigenvalue weighted by atomic mass is 10.1. The molecule has 1 aromatic rings. The lowest BCUT2D eigenvalue weighted by Gasteiger charge is -2.19. The number of phenols is 2. The molecule has 0 aliphatic heterocycles. The van der Waals surface area contributed by atoms with Gasteiger partial charge >= 0.3 is 5.97 Å². The Morgan fingerprint density at radius 3 is 2.40 bits per heavy atom.